The van der Waals surface area contributed by atoms with Crippen molar-refractivity contribution in [2.45, 2.75) is 51.7 Å². The van der Waals surface area contributed by atoms with Crippen molar-refractivity contribution in [1.82, 2.24) is 5.32 Å². The molecule has 1 amide bonds. The highest BCUT2D eigenvalue weighted by Gasteiger charge is 2.26. The number of ether oxygens (including phenoxy) is 1. The Hall–Kier alpha value is -0.420. The number of aliphatic hydroxyl groups is 1. The monoisotopic (exact) mass is 275 g/mol. The summed E-state index contributed by atoms with van der Waals surface area (Å²) in [6.07, 6.45) is 2.43. The van der Waals surface area contributed by atoms with E-state index in [0.29, 0.717) is 12.3 Å². The van der Waals surface area contributed by atoms with Crippen molar-refractivity contribution in [3.8, 4) is 0 Å². The summed E-state index contributed by atoms with van der Waals surface area (Å²) in [4.78, 5) is 11.8. The number of amides is 1. The molecule has 0 spiro atoms. The number of hydrogen-bond acceptors (Lipinski definition) is 4. The summed E-state index contributed by atoms with van der Waals surface area (Å²) in [5.74, 6) is 2.75. The second-order valence-electron chi connectivity index (χ2n) is 5.71. The third-order valence-electron chi connectivity index (χ3n) is 2.98. The third kappa shape index (κ3) is 5.96. The van der Waals surface area contributed by atoms with Gasteiger partial charge in [0.15, 0.2) is 0 Å². The molecule has 1 atom stereocenters. The van der Waals surface area contributed by atoms with Gasteiger partial charge in [-0.2, -0.15) is 11.8 Å². The van der Waals surface area contributed by atoms with Gasteiger partial charge in [-0.3, -0.25) is 0 Å². The summed E-state index contributed by atoms with van der Waals surface area (Å²) in [5, 5.41) is 12.0. The van der Waals surface area contributed by atoms with Crippen LogP contribution in [0.15, 0.2) is 0 Å². The van der Waals surface area contributed by atoms with Crippen LogP contribution in [0.25, 0.3) is 0 Å². The molecule has 2 N–H and O–H groups in total. The maximum absolute atomic E-state index is 11.8. The van der Waals surface area contributed by atoms with Gasteiger partial charge in [0, 0.05) is 12.6 Å². The molecule has 1 aliphatic heterocycles. The minimum Gasteiger partial charge on any atom is -0.444 e. The summed E-state index contributed by atoms with van der Waals surface area (Å²) in [5.41, 5.74) is -0.476. The smallest absolute Gasteiger partial charge is 0.407 e. The van der Waals surface area contributed by atoms with E-state index in [9.17, 15) is 4.79 Å². The van der Waals surface area contributed by atoms with Gasteiger partial charge in [-0.05, 0) is 57.5 Å². The molecule has 1 saturated heterocycles. The van der Waals surface area contributed by atoms with Gasteiger partial charge in [0.05, 0.1) is 0 Å². The number of rotatable bonds is 4. The van der Waals surface area contributed by atoms with E-state index in [1.165, 1.54) is 0 Å². The van der Waals surface area contributed by atoms with Crippen LogP contribution in [0.2, 0.25) is 0 Å². The summed E-state index contributed by atoms with van der Waals surface area (Å²) >= 11 is 1.96. The van der Waals surface area contributed by atoms with Gasteiger partial charge < -0.3 is 15.2 Å². The molecule has 18 heavy (non-hydrogen) atoms. The Morgan fingerprint density at radius 2 is 2.06 bits per heavy atom. The third-order valence-corrected chi connectivity index (χ3v) is 4.03. The quantitative estimate of drug-likeness (QED) is 0.827. The fourth-order valence-corrected chi connectivity index (χ4v) is 3.28. The molecular formula is C13H25NO3S. The lowest BCUT2D eigenvalue weighted by Crippen LogP contribution is -2.44. The fraction of sp³-hybridized carbons (Fsp3) is 0.923. The van der Waals surface area contributed by atoms with Gasteiger partial charge in [-0.15, -0.1) is 0 Å². The second kappa shape index (κ2) is 7.24. The lowest BCUT2D eigenvalue weighted by Gasteiger charge is -2.31. The molecule has 1 aliphatic rings. The summed E-state index contributed by atoms with van der Waals surface area (Å²) in [6, 6.07) is 0.0331. The Morgan fingerprint density at radius 3 is 2.56 bits per heavy atom. The lowest BCUT2D eigenvalue weighted by molar-refractivity contribution is 0.0473. The number of carbonyl (C=O) groups is 1. The van der Waals surface area contributed by atoms with Crippen LogP contribution < -0.4 is 5.32 Å². The second-order valence-corrected chi connectivity index (χ2v) is 6.94. The average Bonchev–Trinajstić information content (AvgIpc) is 2.27. The highest BCUT2D eigenvalue weighted by Crippen LogP contribution is 2.26. The van der Waals surface area contributed by atoms with Gasteiger partial charge in [-0.25, -0.2) is 4.79 Å². The molecule has 0 aromatic carbocycles. The number of hydrogen-bond donors (Lipinski definition) is 2. The van der Waals surface area contributed by atoms with Crippen molar-refractivity contribution in [1.29, 1.82) is 0 Å². The van der Waals surface area contributed by atoms with Crippen LogP contribution in [0.4, 0.5) is 4.79 Å². The van der Waals surface area contributed by atoms with Crippen LogP contribution in [0.3, 0.4) is 0 Å². The Balaban J connectivity index is 2.48. The van der Waals surface area contributed by atoms with E-state index in [0.717, 1.165) is 24.3 Å². The largest absolute Gasteiger partial charge is 0.444 e. The van der Waals surface area contributed by atoms with Crippen LogP contribution >= 0.6 is 11.8 Å². The summed E-state index contributed by atoms with van der Waals surface area (Å²) in [7, 11) is 0. The van der Waals surface area contributed by atoms with Crippen LogP contribution in [-0.4, -0.2) is 41.0 Å². The summed E-state index contributed by atoms with van der Waals surface area (Å²) < 4.78 is 5.27. The van der Waals surface area contributed by atoms with Crippen molar-refractivity contribution < 1.29 is 14.6 Å². The molecule has 1 unspecified atom stereocenters. The Kier molecular flexibility index (Phi) is 6.29. The molecule has 0 radical (unpaired) electrons. The van der Waals surface area contributed by atoms with E-state index < -0.39 is 5.60 Å². The van der Waals surface area contributed by atoms with E-state index >= 15 is 0 Å². The number of thioether (sulfide) groups is 1. The van der Waals surface area contributed by atoms with E-state index in [1.807, 2.05) is 32.5 Å². The zero-order valence-electron chi connectivity index (χ0n) is 11.6. The van der Waals surface area contributed by atoms with Gasteiger partial charge in [0.2, 0.25) is 0 Å². The Bertz CT molecular complexity index is 259. The maximum atomic E-state index is 11.8. The van der Waals surface area contributed by atoms with Crippen LogP contribution in [0, 0.1) is 5.92 Å². The van der Waals surface area contributed by atoms with Crippen molar-refractivity contribution in [3.05, 3.63) is 0 Å². The topological polar surface area (TPSA) is 58.6 Å². The van der Waals surface area contributed by atoms with Gasteiger partial charge in [0.1, 0.15) is 5.60 Å². The molecule has 4 nitrogen and oxygen atoms in total. The first-order chi connectivity index (χ1) is 8.42. The van der Waals surface area contributed by atoms with Crippen LogP contribution in [0.1, 0.15) is 40.0 Å². The van der Waals surface area contributed by atoms with E-state index in [-0.39, 0.29) is 18.7 Å². The Morgan fingerprint density at radius 1 is 1.44 bits per heavy atom. The van der Waals surface area contributed by atoms with Crippen LogP contribution in [0.5, 0.6) is 0 Å². The predicted molar refractivity (Wildman–Crippen MR) is 74.9 cm³/mol. The molecule has 1 rings (SSSR count). The highest BCUT2D eigenvalue weighted by molar-refractivity contribution is 7.99. The molecule has 0 aliphatic carbocycles. The normalized spacial score (nSPS) is 19.3. The minimum absolute atomic E-state index is 0.0331. The molecular weight excluding hydrogens is 250 g/mol. The van der Waals surface area contributed by atoms with E-state index in [2.05, 4.69) is 5.32 Å². The fourth-order valence-electron chi connectivity index (χ4n) is 2.14. The maximum Gasteiger partial charge on any atom is 0.407 e. The van der Waals surface area contributed by atoms with Crippen molar-refractivity contribution >= 4 is 17.9 Å². The van der Waals surface area contributed by atoms with Crippen LogP contribution in [-0.2, 0) is 4.74 Å². The minimum atomic E-state index is -0.476. The molecule has 5 heteroatoms. The first-order valence-electron chi connectivity index (χ1n) is 6.60. The lowest BCUT2D eigenvalue weighted by atomic mass is 9.91. The van der Waals surface area contributed by atoms with Crippen molar-refractivity contribution in [2.24, 2.45) is 5.92 Å². The first-order valence-corrected chi connectivity index (χ1v) is 7.76. The number of aliphatic hydroxyl groups excluding tert-OH is 1. The van der Waals surface area contributed by atoms with Gasteiger partial charge in [0.25, 0.3) is 0 Å². The van der Waals surface area contributed by atoms with Gasteiger partial charge in [-0.1, -0.05) is 0 Å². The first kappa shape index (κ1) is 15.6. The highest BCUT2D eigenvalue weighted by atomic mass is 32.2. The zero-order chi connectivity index (χ0) is 13.6. The molecule has 0 aromatic rings. The SMILES string of the molecule is CC(C)(C)OC(=O)NC(CCO)C1CCSCC1. The van der Waals surface area contributed by atoms with Crippen molar-refractivity contribution in [3.63, 3.8) is 0 Å². The van der Waals surface area contributed by atoms with E-state index in [4.69, 9.17) is 9.84 Å². The molecule has 0 saturated carbocycles. The molecule has 0 bridgehead atoms. The predicted octanol–water partition coefficient (Wildman–Crippen LogP) is 2.41. The molecule has 0 aromatic heterocycles. The number of nitrogens with one attached hydrogen (secondary N) is 1. The average molecular weight is 275 g/mol. The van der Waals surface area contributed by atoms with Gasteiger partial charge >= 0.3 is 6.09 Å². The Labute approximate surface area is 114 Å². The molecule has 1 heterocycles. The van der Waals surface area contributed by atoms with Crippen molar-refractivity contribution in [2.75, 3.05) is 18.1 Å². The van der Waals surface area contributed by atoms with E-state index in [1.54, 1.807) is 0 Å². The number of carbonyl (C=O) groups excluding carboxylic acids is 1. The molecule has 1 fully saturated rings. The number of alkyl carbamates (subject to hydrolysis) is 1. The zero-order valence-corrected chi connectivity index (χ0v) is 12.4. The summed E-state index contributed by atoms with van der Waals surface area (Å²) in [6.45, 7) is 5.66. The standard InChI is InChI=1S/C13H25NO3S/c1-13(2,3)17-12(16)14-11(4-7-15)10-5-8-18-9-6-10/h10-11,15H,4-9H2,1-3H3,(H,14,16). The molecule has 106 valence electrons.